The van der Waals surface area contributed by atoms with Gasteiger partial charge < -0.3 is 14.2 Å². The van der Waals surface area contributed by atoms with Gasteiger partial charge in [0.25, 0.3) is 0 Å². The van der Waals surface area contributed by atoms with Gasteiger partial charge in [-0.15, -0.1) is 0 Å². The maximum Gasteiger partial charge on any atom is 0.142 e. The van der Waals surface area contributed by atoms with Crippen LogP contribution >= 0.6 is 0 Å². The maximum atomic E-state index is 6.24. The van der Waals surface area contributed by atoms with Crippen LogP contribution in [0.25, 0.3) is 0 Å². The summed E-state index contributed by atoms with van der Waals surface area (Å²) in [5, 5.41) is 0. The van der Waals surface area contributed by atoms with E-state index in [0.29, 0.717) is 25.3 Å². The number of hydrogen-bond acceptors (Lipinski definition) is 4. The van der Waals surface area contributed by atoms with Crippen molar-refractivity contribution in [1.82, 2.24) is 4.90 Å². The molecule has 0 bridgehead atoms. The zero-order chi connectivity index (χ0) is 17.4. The molecular weight excluding hydrogens is 314 g/mol. The Bertz CT molecular complexity index is 754. The summed E-state index contributed by atoms with van der Waals surface area (Å²) < 4.78 is 17.4. The van der Waals surface area contributed by atoms with E-state index in [1.807, 2.05) is 12.1 Å². The molecule has 4 rings (SSSR count). The van der Waals surface area contributed by atoms with Gasteiger partial charge >= 0.3 is 0 Å². The van der Waals surface area contributed by atoms with Crippen LogP contribution in [0.15, 0.2) is 36.4 Å². The number of hydrogen-bond donors (Lipinski definition) is 0. The summed E-state index contributed by atoms with van der Waals surface area (Å²) in [6, 6.07) is 13.0. The first kappa shape index (κ1) is 16.3. The molecule has 2 aliphatic heterocycles. The Morgan fingerprint density at radius 2 is 1.88 bits per heavy atom. The van der Waals surface area contributed by atoms with E-state index in [0.717, 1.165) is 30.2 Å². The molecule has 2 aromatic carbocycles. The third-order valence-electron chi connectivity index (χ3n) is 5.26. The van der Waals surface area contributed by atoms with Crippen molar-refractivity contribution in [3.63, 3.8) is 0 Å². The molecule has 2 aliphatic rings. The molecule has 132 valence electrons. The average Bonchev–Trinajstić information content (AvgIpc) is 2.67. The minimum atomic E-state index is 0.377. The first-order chi connectivity index (χ1) is 12.2. The Balaban J connectivity index is 1.59. The Labute approximate surface area is 149 Å². The Morgan fingerprint density at radius 1 is 1.08 bits per heavy atom. The van der Waals surface area contributed by atoms with Crippen molar-refractivity contribution in [2.24, 2.45) is 0 Å². The SMILES string of the molecule is COc1ccc(C2COc3c(ccc4c3CN(C(C)C)CO4)C2)cc1. The second-order valence-corrected chi connectivity index (χ2v) is 7.13. The summed E-state index contributed by atoms with van der Waals surface area (Å²) in [6.45, 7) is 6.65. The van der Waals surface area contributed by atoms with Gasteiger partial charge in [0.1, 0.15) is 24.0 Å². The minimum absolute atomic E-state index is 0.377. The molecular formula is C21H25NO3. The highest BCUT2D eigenvalue weighted by Gasteiger charge is 2.29. The van der Waals surface area contributed by atoms with Crippen molar-refractivity contribution in [2.45, 2.75) is 38.8 Å². The zero-order valence-corrected chi connectivity index (χ0v) is 15.1. The molecule has 0 amide bonds. The van der Waals surface area contributed by atoms with Crippen LogP contribution in [0.3, 0.4) is 0 Å². The monoisotopic (exact) mass is 339 g/mol. The molecule has 1 unspecified atom stereocenters. The molecule has 2 aromatic rings. The number of fused-ring (bicyclic) bond motifs is 3. The predicted molar refractivity (Wildman–Crippen MR) is 97.6 cm³/mol. The minimum Gasteiger partial charge on any atom is -0.497 e. The summed E-state index contributed by atoms with van der Waals surface area (Å²) in [4.78, 5) is 2.32. The fourth-order valence-corrected chi connectivity index (χ4v) is 3.62. The van der Waals surface area contributed by atoms with Crippen molar-refractivity contribution < 1.29 is 14.2 Å². The second-order valence-electron chi connectivity index (χ2n) is 7.13. The molecule has 0 N–H and O–H groups in total. The van der Waals surface area contributed by atoms with Gasteiger partial charge in [0.2, 0.25) is 0 Å². The highest BCUT2D eigenvalue weighted by molar-refractivity contribution is 5.52. The third kappa shape index (κ3) is 3.07. The molecule has 1 atom stereocenters. The van der Waals surface area contributed by atoms with Crippen LogP contribution in [-0.2, 0) is 13.0 Å². The second kappa shape index (κ2) is 6.60. The summed E-state index contributed by atoms with van der Waals surface area (Å²) in [7, 11) is 1.70. The lowest BCUT2D eigenvalue weighted by Gasteiger charge is -2.35. The van der Waals surface area contributed by atoms with Gasteiger partial charge in [0.15, 0.2) is 0 Å². The molecule has 0 radical (unpaired) electrons. The van der Waals surface area contributed by atoms with Crippen molar-refractivity contribution in [1.29, 1.82) is 0 Å². The highest BCUT2D eigenvalue weighted by Crippen LogP contribution is 2.41. The van der Waals surface area contributed by atoms with Gasteiger partial charge in [0.05, 0.1) is 19.3 Å². The van der Waals surface area contributed by atoms with Crippen LogP contribution < -0.4 is 14.2 Å². The zero-order valence-electron chi connectivity index (χ0n) is 15.1. The van der Waals surface area contributed by atoms with Gasteiger partial charge in [-0.3, -0.25) is 4.90 Å². The van der Waals surface area contributed by atoms with E-state index in [4.69, 9.17) is 14.2 Å². The molecule has 0 aliphatic carbocycles. The van der Waals surface area contributed by atoms with E-state index < -0.39 is 0 Å². The standard InChI is InChI=1S/C21H25NO3/c1-14(2)22-11-19-20(25-13-22)9-6-16-10-17(12-24-21(16)19)15-4-7-18(23-3)8-5-15/h4-9,14,17H,10-13H2,1-3H3. The first-order valence-electron chi connectivity index (χ1n) is 8.94. The highest BCUT2D eigenvalue weighted by atomic mass is 16.5. The van der Waals surface area contributed by atoms with E-state index in [2.05, 4.69) is 43.0 Å². The van der Waals surface area contributed by atoms with E-state index >= 15 is 0 Å². The van der Waals surface area contributed by atoms with Crippen LogP contribution in [-0.4, -0.2) is 31.4 Å². The number of ether oxygens (including phenoxy) is 3. The van der Waals surface area contributed by atoms with Gasteiger partial charge in [-0.25, -0.2) is 0 Å². The lowest BCUT2D eigenvalue weighted by atomic mass is 9.89. The van der Waals surface area contributed by atoms with Gasteiger partial charge in [-0.05, 0) is 49.6 Å². The molecule has 25 heavy (non-hydrogen) atoms. The van der Waals surface area contributed by atoms with Crippen molar-refractivity contribution in [3.05, 3.63) is 53.1 Å². The van der Waals surface area contributed by atoms with Crippen LogP contribution in [0.1, 0.15) is 36.5 Å². The largest absolute Gasteiger partial charge is 0.497 e. The molecule has 0 fully saturated rings. The molecule has 0 saturated carbocycles. The lowest BCUT2D eigenvalue weighted by Crippen LogP contribution is -2.37. The van der Waals surface area contributed by atoms with E-state index in [9.17, 15) is 0 Å². The van der Waals surface area contributed by atoms with Crippen LogP contribution in [0.4, 0.5) is 0 Å². The Hall–Kier alpha value is -2.20. The smallest absolute Gasteiger partial charge is 0.142 e. The topological polar surface area (TPSA) is 30.9 Å². The van der Waals surface area contributed by atoms with E-state index in [1.54, 1.807) is 7.11 Å². The summed E-state index contributed by atoms with van der Waals surface area (Å²) >= 11 is 0. The van der Waals surface area contributed by atoms with Gasteiger partial charge in [0, 0.05) is 18.5 Å². The fraction of sp³-hybridized carbons (Fsp3) is 0.429. The maximum absolute atomic E-state index is 6.24. The lowest BCUT2D eigenvalue weighted by molar-refractivity contribution is 0.0658. The molecule has 4 heteroatoms. The van der Waals surface area contributed by atoms with Gasteiger partial charge in [-0.2, -0.15) is 0 Å². The number of nitrogens with zero attached hydrogens (tertiary/aromatic N) is 1. The number of rotatable bonds is 3. The first-order valence-corrected chi connectivity index (χ1v) is 8.94. The quantitative estimate of drug-likeness (QED) is 0.846. The molecule has 4 nitrogen and oxygen atoms in total. The third-order valence-corrected chi connectivity index (χ3v) is 5.26. The van der Waals surface area contributed by atoms with Crippen molar-refractivity contribution in [2.75, 3.05) is 20.4 Å². The fourth-order valence-electron chi connectivity index (χ4n) is 3.62. The van der Waals surface area contributed by atoms with Gasteiger partial charge in [-0.1, -0.05) is 18.2 Å². The van der Waals surface area contributed by atoms with E-state index in [1.165, 1.54) is 16.7 Å². The summed E-state index contributed by atoms with van der Waals surface area (Å²) in [5.41, 5.74) is 3.77. The number of benzene rings is 2. The van der Waals surface area contributed by atoms with Crippen LogP contribution in [0, 0.1) is 0 Å². The summed E-state index contributed by atoms with van der Waals surface area (Å²) in [5.74, 6) is 3.27. The molecule has 0 spiro atoms. The average molecular weight is 339 g/mol. The molecule has 0 saturated heterocycles. The van der Waals surface area contributed by atoms with Crippen molar-refractivity contribution >= 4 is 0 Å². The summed E-state index contributed by atoms with van der Waals surface area (Å²) in [6.07, 6.45) is 0.997. The Kier molecular flexibility index (Phi) is 4.30. The van der Waals surface area contributed by atoms with Crippen LogP contribution in [0.5, 0.6) is 17.2 Å². The molecule has 2 heterocycles. The van der Waals surface area contributed by atoms with E-state index in [-0.39, 0.29) is 0 Å². The molecule has 0 aromatic heterocycles. The van der Waals surface area contributed by atoms with Crippen LogP contribution in [0.2, 0.25) is 0 Å². The predicted octanol–water partition coefficient (Wildman–Crippen LogP) is 3.97. The normalized spacial score (nSPS) is 19.6. The number of methoxy groups -OCH3 is 1. The van der Waals surface area contributed by atoms with Crippen molar-refractivity contribution in [3.8, 4) is 17.2 Å². The Morgan fingerprint density at radius 3 is 2.60 bits per heavy atom.